The van der Waals surface area contributed by atoms with Crippen LogP contribution in [0, 0.1) is 0 Å². The monoisotopic (exact) mass is 495 g/mol. The summed E-state index contributed by atoms with van der Waals surface area (Å²) < 4.78 is 32.2. The average Bonchev–Trinajstić information content (AvgIpc) is 3.49. The highest BCUT2D eigenvalue weighted by Gasteiger charge is 2.31. The second-order valence-electron chi connectivity index (χ2n) is 10.6. The molecule has 3 aromatic rings. The Kier molecular flexibility index (Phi) is 6.09. The Balaban J connectivity index is 1.50. The first-order valence-corrected chi connectivity index (χ1v) is 13.8. The van der Waals surface area contributed by atoms with E-state index in [0.717, 1.165) is 18.7 Å². The molecule has 1 fully saturated rings. The zero-order chi connectivity index (χ0) is 24.8. The van der Waals surface area contributed by atoms with E-state index >= 15 is 0 Å². The van der Waals surface area contributed by atoms with Gasteiger partial charge in [0.25, 0.3) is 0 Å². The first-order chi connectivity index (χ1) is 16.6. The summed E-state index contributed by atoms with van der Waals surface area (Å²) in [5.74, 6) is 0.823. The van der Waals surface area contributed by atoms with Crippen LogP contribution in [0.4, 0.5) is 11.4 Å². The number of nitrogens with zero attached hydrogens (tertiary/aromatic N) is 4. The molecule has 0 bridgehead atoms. The molecule has 0 saturated carbocycles. The Morgan fingerprint density at radius 2 is 1.77 bits per heavy atom. The third-order valence-corrected chi connectivity index (χ3v) is 8.50. The first kappa shape index (κ1) is 23.8. The van der Waals surface area contributed by atoms with Crippen molar-refractivity contribution in [2.75, 3.05) is 35.2 Å². The number of benzene rings is 2. The maximum Gasteiger partial charge on any atom is 0.247 e. The molecule has 1 aromatic heterocycles. The molecule has 0 spiro atoms. The predicted octanol–water partition coefficient (Wildman–Crippen LogP) is 3.76. The fourth-order valence-electron chi connectivity index (χ4n) is 4.77. The summed E-state index contributed by atoms with van der Waals surface area (Å²) in [5.41, 5.74) is 9.63. The Labute approximate surface area is 207 Å². The minimum Gasteiger partial charge on any atom is -0.420 e. The maximum absolute atomic E-state index is 13.1. The number of aromatic nitrogens is 2. The van der Waals surface area contributed by atoms with E-state index in [2.05, 4.69) is 44.3 Å². The SMILES string of the molecule is CC(C)(C)c1nnc(-c2ccc3c(c2)N(Cc2ccc(N4CCCC4)cc2)C[C@@H](N)CS3(=O)=O)o1. The van der Waals surface area contributed by atoms with Crippen LogP contribution in [0.15, 0.2) is 51.8 Å². The van der Waals surface area contributed by atoms with Crippen LogP contribution < -0.4 is 15.5 Å². The van der Waals surface area contributed by atoms with Crippen LogP contribution in [-0.2, 0) is 21.8 Å². The summed E-state index contributed by atoms with van der Waals surface area (Å²) in [6, 6.07) is 13.3. The Morgan fingerprint density at radius 3 is 2.43 bits per heavy atom. The van der Waals surface area contributed by atoms with E-state index < -0.39 is 15.9 Å². The van der Waals surface area contributed by atoms with Crippen molar-refractivity contribution < 1.29 is 12.8 Å². The summed E-state index contributed by atoms with van der Waals surface area (Å²) in [6.07, 6.45) is 2.47. The van der Waals surface area contributed by atoms with Crippen LogP contribution in [0.3, 0.4) is 0 Å². The van der Waals surface area contributed by atoms with Crippen molar-refractivity contribution in [3.05, 3.63) is 53.9 Å². The number of sulfone groups is 1. The zero-order valence-corrected chi connectivity index (χ0v) is 21.4. The van der Waals surface area contributed by atoms with Gasteiger partial charge in [-0.15, -0.1) is 10.2 Å². The van der Waals surface area contributed by atoms with E-state index in [1.165, 1.54) is 18.5 Å². The van der Waals surface area contributed by atoms with Crippen molar-refractivity contribution in [2.24, 2.45) is 5.73 Å². The van der Waals surface area contributed by atoms with Gasteiger partial charge in [0, 0.05) is 48.9 Å². The fourth-order valence-corrected chi connectivity index (χ4v) is 6.40. The molecule has 5 rings (SSSR count). The van der Waals surface area contributed by atoms with Gasteiger partial charge < -0.3 is 20.0 Å². The average molecular weight is 496 g/mol. The third-order valence-electron chi connectivity index (χ3n) is 6.62. The molecule has 3 heterocycles. The normalized spacial score (nSPS) is 20.1. The highest BCUT2D eigenvalue weighted by Crippen LogP contribution is 2.35. The van der Waals surface area contributed by atoms with Gasteiger partial charge >= 0.3 is 0 Å². The number of rotatable bonds is 4. The van der Waals surface area contributed by atoms with Crippen molar-refractivity contribution in [2.45, 2.75) is 56.5 Å². The van der Waals surface area contributed by atoms with E-state index in [4.69, 9.17) is 10.2 Å². The van der Waals surface area contributed by atoms with Gasteiger partial charge in [0.15, 0.2) is 9.84 Å². The topological polar surface area (TPSA) is 106 Å². The van der Waals surface area contributed by atoms with E-state index in [9.17, 15) is 8.42 Å². The van der Waals surface area contributed by atoms with Gasteiger partial charge in [0.2, 0.25) is 11.8 Å². The van der Waals surface area contributed by atoms with E-state index in [1.54, 1.807) is 12.1 Å². The number of nitrogens with two attached hydrogens (primary N) is 1. The van der Waals surface area contributed by atoms with Crippen molar-refractivity contribution in [3.8, 4) is 11.5 Å². The van der Waals surface area contributed by atoms with Gasteiger partial charge in [-0.05, 0) is 48.7 Å². The summed E-state index contributed by atoms with van der Waals surface area (Å²) in [6.45, 7) is 9.20. The first-order valence-electron chi connectivity index (χ1n) is 12.2. The lowest BCUT2D eigenvalue weighted by atomic mass is 9.97. The summed E-state index contributed by atoms with van der Waals surface area (Å²) >= 11 is 0. The van der Waals surface area contributed by atoms with Crippen molar-refractivity contribution >= 4 is 21.2 Å². The quantitative estimate of drug-likeness (QED) is 0.583. The number of hydrogen-bond donors (Lipinski definition) is 1. The molecule has 2 N–H and O–H groups in total. The second-order valence-corrected chi connectivity index (χ2v) is 12.6. The van der Waals surface area contributed by atoms with Gasteiger partial charge in [-0.2, -0.15) is 0 Å². The number of fused-ring (bicyclic) bond motifs is 1. The van der Waals surface area contributed by atoms with Gasteiger partial charge in [0.1, 0.15) is 0 Å². The lowest BCUT2D eigenvalue weighted by Gasteiger charge is -2.27. The molecule has 35 heavy (non-hydrogen) atoms. The third kappa shape index (κ3) is 4.92. The lowest BCUT2D eigenvalue weighted by molar-refractivity contribution is 0.399. The highest BCUT2D eigenvalue weighted by atomic mass is 32.2. The Bertz CT molecular complexity index is 1310. The molecule has 0 radical (unpaired) electrons. The van der Waals surface area contributed by atoms with Crippen LogP contribution in [0.5, 0.6) is 0 Å². The molecule has 2 aromatic carbocycles. The van der Waals surface area contributed by atoms with Gasteiger partial charge in [-0.1, -0.05) is 32.9 Å². The summed E-state index contributed by atoms with van der Waals surface area (Å²) in [4.78, 5) is 4.74. The molecule has 0 aliphatic carbocycles. The summed E-state index contributed by atoms with van der Waals surface area (Å²) in [7, 11) is -3.53. The smallest absolute Gasteiger partial charge is 0.247 e. The largest absolute Gasteiger partial charge is 0.420 e. The minimum absolute atomic E-state index is 0.0848. The highest BCUT2D eigenvalue weighted by molar-refractivity contribution is 7.91. The minimum atomic E-state index is -3.53. The van der Waals surface area contributed by atoms with Crippen molar-refractivity contribution in [1.29, 1.82) is 0 Å². The van der Waals surface area contributed by atoms with Crippen LogP contribution in [0.1, 0.15) is 45.1 Å². The molecule has 0 amide bonds. The van der Waals surface area contributed by atoms with Crippen LogP contribution >= 0.6 is 0 Å². The molecule has 1 saturated heterocycles. The number of anilines is 2. The van der Waals surface area contributed by atoms with E-state index in [-0.39, 0.29) is 11.2 Å². The molecule has 0 unspecified atom stereocenters. The molecular weight excluding hydrogens is 462 g/mol. The molecule has 8 nitrogen and oxygen atoms in total. The zero-order valence-electron chi connectivity index (χ0n) is 20.6. The molecule has 186 valence electrons. The van der Waals surface area contributed by atoms with Gasteiger partial charge in [-0.25, -0.2) is 8.42 Å². The van der Waals surface area contributed by atoms with Crippen LogP contribution in [0.25, 0.3) is 11.5 Å². The maximum atomic E-state index is 13.1. The second kappa shape index (κ2) is 8.95. The molecule has 2 aliphatic heterocycles. The summed E-state index contributed by atoms with van der Waals surface area (Å²) in [5, 5.41) is 8.41. The standard InChI is InChI=1S/C26H33N5O3S/c1-26(2,3)25-29-28-24(34-25)19-8-11-23-22(14-19)31(16-20(27)17-35(23,32)33)15-18-6-9-21(10-7-18)30-12-4-5-13-30/h6-11,14,20H,4-5,12-13,15-17,27H2,1-3H3/t20-/m1/s1. The van der Waals surface area contributed by atoms with E-state index in [1.807, 2.05) is 26.8 Å². The molecule has 9 heteroatoms. The van der Waals surface area contributed by atoms with Crippen molar-refractivity contribution in [3.63, 3.8) is 0 Å². The van der Waals surface area contributed by atoms with Crippen molar-refractivity contribution in [1.82, 2.24) is 10.2 Å². The van der Waals surface area contributed by atoms with Crippen LogP contribution in [0.2, 0.25) is 0 Å². The Morgan fingerprint density at radius 1 is 1.06 bits per heavy atom. The molecule has 2 aliphatic rings. The van der Waals surface area contributed by atoms with Crippen LogP contribution in [-0.4, -0.2) is 50.0 Å². The van der Waals surface area contributed by atoms with Gasteiger partial charge in [0.05, 0.1) is 16.3 Å². The lowest BCUT2D eigenvalue weighted by Crippen LogP contribution is -2.39. The Hall–Kier alpha value is -2.91. The fraction of sp³-hybridized carbons (Fsp3) is 0.462. The molecule has 1 atom stereocenters. The number of hydrogen-bond acceptors (Lipinski definition) is 8. The van der Waals surface area contributed by atoms with E-state index in [0.29, 0.717) is 41.0 Å². The van der Waals surface area contributed by atoms with Gasteiger partial charge in [-0.3, -0.25) is 0 Å². The molecular formula is C26H33N5O3S. The predicted molar refractivity (Wildman–Crippen MR) is 137 cm³/mol.